The van der Waals surface area contributed by atoms with Crippen LogP contribution in [0.1, 0.15) is 83.4 Å². The van der Waals surface area contributed by atoms with E-state index in [-0.39, 0.29) is 35.9 Å². The number of hydrogen-bond acceptors (Lipinski definition) is 6. The molecule has 3 heterocycles. The molecule has 44 heavy (non-hydrogen) atoms. The summed E-state index contributed by atoms with van der Waals surface area (Å²) in [5, 5.41) is 2.61. The summed E-state index contributed by atoms with van der Waals surface area (Å²) in [4.78, 5) is 61.5. The molecule has 2 aromatic carbocycles. The number of aromatic nitrogens is 2. The lowest BCUT2D eigenvalue weighted by atomic mass is 9.97. The molecule has 0 radical (unpaired) electrons. The van der Waals surface area contributed by atoms with Crippen molar-refractivity contribution in [1.82, 2.24) is 24.7 Å². The second-order valence-corrected chi connectivity index (χ2v) is 13.4. The molecular weight excluding hydrogens is 626 g/mol. The Hall–Kier alpha value is -3.99. The van der Waals surface area contributed by atoms with E-state index in [2.05, 4.69) is 21.2 Å². The third-order valence-electron chi connectivity index (χ3n) is 8.13. The van der Waals surface area contributed by atoms with Crippen LogP contribution in [0.5, 0.6) is 0 Å². The number of amides is 3. The molecule has 0 saturated carbocycles. The average Bonchev–Trinajstić information content (AvgIpc) is 3.48. The van der Waals surface area contributed by atoms with Crippen LogP contribution in [0, 0.1) is 6.92 Å². The predicted molar refractivity (Wildman–Crippen MR) is 170 cm³/mol. The maximum Gasteiger partial charge on any atom is 0.410 e. The van der Waals surface area contributed by atoms with Crippen LogP contribution < -0.4 is 10.9 Å². The fourth-order valence-electron chi connectivity index (χ4n) is 5.79. The molecule has 0 aliphatic carbocycles. The Morgan fingerprint density at radius 3 is 2.39 bits per heavy atom. The van der Waals surface area contributed by atoms with Gasteiger partial charge in [0, 0.05) is 53.3 Å². The van der Waals surface area contributed by atoms with Gasteiger partial charge in [-0.15, -0.1) is 0 Å². The van der Waals surface area contributed by atoms with Gasteiger partial charge in [-0.25, -0.2) is 9.78 Å². The van der Waals surface area contributed by atoms with Crippen LogP contribution in [0.25, 0.3) is 5.69 Å². The molecule has 10 nitrogen and oxygen atoms in total. The standard InChI is InChI=1S/C33H38BrN5O5/c1-19-15-22(9-12-26(19)34)30(41)38-18-27-25(16-20(38)2)31(42)39(24-10-7-21(8-11-24)29(40)35-6)28(36-27)23-13-14-37(17-23)32(43)44-33(3,4)5/h7-12,15,20,23H,13-14,16-18H2,1-6H3,(H,35,40)/t20-,23?/m1/s1. The van der Waals surface area contributed by atoms with Crippen molar-refractivity contribution in [1.29, 1.82) is 0 Å². The molecular formula is C33H38BrN5O5. The summed E-state index contributed by atoms with van der Waals surface area (Å²) in [5.74, 6) is -0.0604. The molecule has 1 fully saturated rings. The fourth-order valence-corrected chi connectivity index (χ4v) is 6.03. The Kier molecular flexibility index (Phi) is 8.71. The number of carbonyl (C=O) groups excluding carboxylic acids is 3. The smallest absolute Gasteiger partial charge is 0.410 e. The monoisotopic (exact) mass is 663 g/mol. The van der Waals surface area contributed by atoms with E-state index < -0.39 is 11.7 Å². The van der Waals surface area contributed by atoms with Gasteiger partial charge in [-0.3, -0.25) is 19.0 Å². The van der Waals surface area contributed by atoms with Gasteiger partial charge >= 0.3 is 6.09 Å². The lowest BCUT2D eigenvalue weighted by Gasteiger charge is -2.35. The molecule has 2 atom stereocenters. The van der Waals surface area contributed by atoms with Crippen LogP contribution in [-0.4, -0.2) is 69.0 Å². The molecule has 5 rings (SSSR count). The largest absolute Gasteiger partial charge is 0.444 e. The zero-order valence-corrected chi connectivity index (χ0v) is 27.5. The molecule has 1 aromatic heterocycles. The van der Waals surface area contributed by atoms with E-state index in [4.69, 9.17) is 9.72 Å². The minimum Gasteiger partial charge on any atom is -0.444 e. The van der Waals surface area contributed by atoms with Crippen molar-refractivity contribution in [2.45, 2.75) is 71.6 Å². The predicted octanol–water partition coefficient (Wildman–Crippen LogP) is 4.97. The molecule has 2 aliphatic rings. The van der Waals surface area contributed by atoms with E-state index in [0.29, 0.717) is 59.8 Å². The summed E-state index contributed by atoms with van der Waals surface area (Å²) in [7, 11) is 1.57. The third-order valence-corrected chi connectivity index (χ3v) is 9.02. The fraction of sp³-hybridized carbons (Fsp3) is 0.424. The Balaban J connectivity index is 1.55. The van der Waals surface area contributed by atoms with Crippen molar-refractivity contribution in [2.24, 2.45) is 0 Å². The first-order valence-electron chi connectivity index (χ1n) is 14.8. The van der Waals surface area contributed by atoms with Crippen molar-refractivity contribution < 1.29 is 19.1 Å². The zero-order valence-electron chi connectivity index (χ0n) is 25.9. The summed E-state index contributed by atoms with van der Waals surface area (Å²) in [6.45, 7) is 10.4. The van der Waals surface area contributed by atoms with Gasteiger partial charge < -0.3 is 19.9 Å². The Morgan fingerprint density at radius 1 is 1.07 bits per heavy atom. The third kappa shape index (κ3) is 6.29. The van der Waals surface area contributed by atoms with Gasteiger partial charge in [0.05, 0.1) is 17.9 Å². The Labute approximate surface area is 265 Å². The van der Waals surface area contributed by atoms with E-state index in [1.54, 1.807) is 51.7 Å². The van der Waals surface area contributed by atoms with E-state index >= 15 is 0 Å². The van der Waals surface area contributed by atoms with E-state index in [9.17, 15) is 19.2 Å². The number of rotatable bonds is 4. The Bertz CT molecular complexity index is 1680. The number of benzene rings is 2. The maximum absolute atomic E-state index is 14.3. The normalized spacial score (nSPS) is 18.2. The van der Waals surface area contributed by atoms with Crippen LogP contribution in [-0.2, 0) is 17.7 Å². The number of halogens is 1. The van der Waals surface area contributed by atoms with E-state index in [1.165, 1.54) is 0 Å². The Morgan fingerprint density at radius 2 is 1.75 bits per heavy atom. The van der Waals surface area contributed by atoms with Crippen molar-refractivity contribution >= 4 is 33.8 Å². The number of hydrogen-bond donors (Lipinski definition) is 1. The van der Waals surface area contributed by atoms with E-state index in [0.717, 1.165) is 10.0 Å². The second-order valence-electron chi connectivity index (χ2n) is 12.5. The number of carbonyl (C=O) groups is 3. The molecule has 0 spiro atoms. The molecule has 1 unspecified atom stereocenters. The summed E-state index contributed by atoms with van der Waals surface area (Å²) in [5.41, 5.74) is 2.89. The van der Waals surface area contributed by atoms with Crippen molar-refractivity contribution in [3.63, 3.8) is 0 Å². The van der Waals surface area contributed by atoms with Crippen molar-refractivity contribution in [2.75, 3.05) is 20.1 Å². The molecule has 232 valence electrons. The minimum atomic E-state index is -0.631. The molecule has 3 aromatic rings. The molecule has 2 aliphatic heterocycles. The number of fused-ring (bicyclic) bond motifs is 1. The van der Waals surface area contributed by atoms with Gasteiger partial charge in [0.1, 0.15) is 11.4 Å². The van der Waals surface area contributed by atoms with Crippen LogP contribution in [0.15, 0.2) is 51.7 Å². The molecule has 1 saturated heterocycles. The first kappa shape index (κ1) is 31.4. The summed E-state index contributed by atoms with van der Waals surface area (Å²) < 4.78 is 8.14. The van der Waals surface area contributed by atoms with Crippen LogP contribution in [0.2, 0.25) is 0 Å². The molecule has 11 heteroatoms. The van der Waals surface area contributed by atoms with Gasteiger partial charge in [-0.2, -0.15) is 0 Å². The van der Waals surface area contributed by atoms with Crippen LogP contribution in [0.4, 0.5) is 4.79 Å². The highest BCUT2D eigenvalue weighted by molar-refractivity contribution is 9.10. The molecule has 0 bridgehead atoms. The first-order valence-corrected chi connectivity index (χ1v) is 15.6. The SMILES string of the molecule is CNC(=O)c1ccc(-n2c(C3CCN(C(=O)OC(C)(C)C)C3)nc3c(c2=O)C[C@@H](C)N(C(=O)c2ccc(Br)c(C)c2)C3)cc1. The van der Waals surface area contributed by atoms with Crippen molar-refractivity contribution in [3.05, 3.63) is 91.1 Å². The first-order chi connectivity index (χ1) is 20.8. The van der Waals surface area contributed by atoms with E-state index in [1.807, 2.05) is 46.8 Å². The second kappa shape index (κ2) is 12.2. The summed E-state index contributed by atoms with van der Waals surface area (Å²) in [6, 6.07) is 12.1. The van der Waals surface area contributed by atoms with Crippen LogP contribution >= 0.6 is 15.9 Å². The zero-order chi connectivity index (χ0) is 31.9. The lowest BCUT2D eigenvalue weighted by Crippen LogP contribution is -2.46. The highest BCUT2D eigenvalue weighted by Gasteiger charge is 2.36. The highest BCUT2D eigenvalue weighted by atomic mass is 79.9. The highest BCUT2D eigenvalue weighted by Crippen LogP contribution is 2.31. The molecule has 1 N–H and O–H groups in total. The lowest BCUT2D eigenvalue weighted by molar-refractivity contribution is 0.0291. The van der Waals surface area contributed by atoms with Gasteiger partial charge in [0.25, 0.3) is 17.4 Å². The van der Waals surface area contributed by atoms with Gasteiger partial charge in [0.2, 0.25) is 0 Å². The number of nitrogens with one attached hydrogen (secondary N) is 1. The molecule has 3 amide bonds. The number of ether oxygens (including phenoxy) is 1. The summed E-state index contributed by atoms with van der Waals surface area (Å²) in [6.07, 6.45) is 0.545. The van der Waals surface area contributed by atoms with Gasteiger partial charge in [-0.1, -0.05) is 15.9 Å². The summed E-state index contributed by atoms with van der Waals surface area (Å²) >= 11 is 3.50. The topological polar surface area (TPSA) is 114 Å². The average molecular weight is 665 g/mol. The van der Waals surface area contributed by atoms with Gasteiger partial charge in [-0.05, 0) is 95.5 Å². The van der Waals surface area contributed by atoms with Crippen LogP contribution in [0.3, 0.4) is 0 Å². The van der Waals surface area contributed by atoms with Crippen molar-refractivity contribution in [3.8, 4) is 5.69 Å². The maximum atomic E-state index is 14.3. The number of nitrogens with zero attached hydrogens (tertiary/aromatic N) is 4. The number of likely N-dealkylation sites (tertiary alicyclic amines) is 1. The van der Waals surface area contributed by atoms with Gasteiger partial charge in [0.15, 0.2) is 0 Å². The number of aryl methyl sites for hydroxylation is 1. The quantitative estimate of drug-likeness (QED) is 0.422. The minimum absolute atomic E-state index is 0.118.